The van der Waals surface area contributed by atoms with Gasteiger partial charge in [0.2, 0.25) is 0 Å². The summed E-state index contributed by atoms with van der Waals surface area (Å²) in [6, 6.07) is 10.3. The largest absolute Gasteiger partial charge is 0.282 e. The number of aryl methyl sites for hydroxylation is 2. The molecule has 0 aliphatic rings. The third-order valence-electron chi connectivity index (χ3n) is 2.30. The van der Waals surface area contributed by atoms with Crippen molar-refractivity contribution in [3.05, 3.63) is 59.3 Å². The maximum atomic E-state index is 4.16. The minimum Gasteiger partial charge on any atom is -0.282 e. The van der Waals surface area contributed by atoms with Crippen LogP contribution in [0.15, 0.2) is 30.3 Å². The zero-order valence-electron chi connectivity index (χ0n) is 8.41. The Morgan fingerprint density at radius 2 is 1.86 bits per heavy atom. The van der Waals surface area contributed by atoms with Gasteiger partial charge in [-0.15, -0.1) is 0 Å². The molecule has 1 aromatic carbocycles. The Labute approximate surface area is 84.0 Å². The lowest BCUT2D eigenvalue weighted by Gasteiger charge is -2.00. The van der Waals surface area contributed by atoms with Gasteiger partial charge in [-0.1, -0.05) is 30.3 Å². The summed E-state index contributed by atoms with van der Waals surface area (Å²) in [6.45, 7) is 4.05. The number of aromatic amines is 1. The van der Waals surface area contributed by atoms with Crippen LogP contribution >= 0.6 is 0 Å². The van der Waals surface area contributed by atoms with Crippen molar-refractivity contribution in [3.63, 3.8) is 0 Å². The summed E-state index contributed by atoms with van der Waals surface area (Å²) in [5, 5.41) is 7.13. The number of nitrogens with zero attached hydrogens (tertiary/aromatic N) is 1. The van der Waals surface area contributed by atoms with Crippen LogP contribution in [-0.2, 0) is 0 Å². The molecule has 14 heavy (non-hydrogen) atoms. The quantitative estimate of drug-likeness (QED) is 0.765. The third kappa shape index (κ3) is 1.69. The Morgan fingerprint density at radius 3 is 2.43 bits per heavy atom. The van der Waals surface area contributed by atoms with Gasteiger partial charge < -0.3 is 0 Å². The van der Waals surface area contributed by atoms with Gasteiger partial charge in [-0.3, -0.25) is 5.10 Å². The SMILES string of the molecule is Cc1n[nH]c(C)c1[CH]c1ccccc1. The van der Waals surface area contributed by atoms with Crippen LogP contribution in [0.4, 0.5) is 0 Å². The number of aromatic nitrogens is 2. The Morgan fingerprint density at radius 1 is 1.14 bits per heavy atom. The Hall–Kier alpha value is -1.57. The van der Waals surface area contributed by atoms with Gasteiger partial charge >= 0.3 is 0 Å². The predicted octanol–water partition coefficient (Wildman–Crippen LogP) is 2.63. The number of H-pyrrole nitrogens is 1. The summed E-state index contributed by atoms with van der Waals surface area (Å²) in [6.07, 6.45) is 2.15. The molecule has 2 nitrogen and oxygen atoms in total. The summed E-state index contributed by atoms with van der Waals surface area (Å²) < 4.78 is 0. The van der Waals surface area contributed by atoms with E-state index in [0.717, 1.165) is 11.4 Å². The molecule has 0 aliphatic carbocycles. The summed E-state index contributed by atoms with van der Waals surface area (Å²) in [5.41, 5.74) is 4.56. The molecule has 71 valence electrons. The molecule has 0 unspecified atom stereocenters. The zero-order valence-corrected chi connectivity index (χ0v) is 8.41. The van der Waals surface area contributed by atoms with Crippen molar-refractivity contribution in [3.8, 4) is 0 Å². The summed E-state index contributed by atoms with van der Waals surface area (Å²) in [5.74, 6) is 0. The topological polar surface area (TPSA) is 28.7 Å². The fourth-order valence-corrected chi connectivity index (χ4v) is 1.49. The van der Waals surface area contributed by atoms with Crippen molar-refractivity contribution in [1.29, 1.82) is 0 Å². The highest BCUT2D eigenvalue weighted by Crippen LogP contribution is 2.16. The molecule has 1 N–H and O–H groups in total. The van der Waals surface area contributed by atoms with Gasteiger partial charge in [0.05, 0.1) is 5.69 Å². The fourth-order valence-electron chi connectivity index (χ4n) is 1.49. The van der Waals surface area contributed by atoms with Crippen molar-refractivity contribution >= 4 is 0 Å². The van der Waals surface area contributed by atoms with Crippen LogP contribution in [-0.4, -0.2) is 10.2 Å². The monoisotopic (exact) mass is 185 g/mol. The van der Waals surface area contributed by atoms with Gasteiger partial charge in [-0.2, -0.15) is 5.10 Å². The lowest BCUT2D eigenvalue weighted by Crippen LogP contribution is -1.87. The predicted molar refractivity (Wildman–Crippen MR) is 57.0 cm³/mol. The minimum atomic E-state index is 1.05. The molecule has 1 aromatic heterocycles. The Balaban J connectivity index is 2.27. The highest BCUT2D eigenvalue weighted by molar-refractivity contribution is 5.41. The van der Waals surface area contributed by atoms with Gasteiger partial charge in [-0.05, 0) is 19.4 Å². The maximum absolute atomic E-state index is 4.16. The lowest BCUT2D eigenvalue weighted by atomic mass is 10.0. The summed E-state index contributed by atoms with van der Waals surface area (Å²) in [7, 11) is 0. The molecule has 0 fully saturated rings. The van der Waals surface area contributed by atoms with Crippen molar-refractivity contribution in [2.24, 2.45) is 0 Å². The van der Waals surface area contributed by atoms with Crippen LogP contribution in [0.5, 0.6) is 0 Å². The van der Waals surface area contributed by atoms with E-state index in [-0.39, 0.29) is 0 Å². The van der Waals surface area contributed by atoms with Crippen molar-refractivity contribution in [2.45, 2.75) is 13.8 Å². The van der Waals surface area contributed by atoms with E-state index < -0.39 is 0 Å². The first-order valence-electron chi connectivity index (χ1n) is 4.69. The second-order valence-electron chi connectivity index (χ2n) is 3.40. The Bertz CT molecular complexity index is 396. The second-order valence-corrected chi connectivity index (χ2v) is 3.40. The number of rotatable bonds is 2. The number of benzene rings is 1. The van der Waals surface area contributed by atoms with E-state index in [0.29, 0.717) is 0 Å². The first kappa shape index (κ1) is 9.00. The van der Waals surface area contributed by atoms with Gasteiger partial charge in [0.1, 0.15) is 0 Å². The maximum Gasteiger partial charge on any atom is 0.0632 e. The third-order valence-corrected chi connectivity index (χ3v) is 2.30. The molecular weight excluding hydrogens is 172 g/mol. The highest BCUT2D eigenvalue weighted by Gasteiger charge is 2.06. The van der Waals surface area contributed by atoms with E-state index in [4.69, 9.17) is 0 Å². The van der Waals surface area contributed by atoms with Crippen LogP contribution in [0.2, 0.25) is 0 Å². The van der Waals surface area contributed by atoms with Crippen LogP contribution < -0.4 is 0 Å². The molecule has 2 heteroatoms. The van der Waals surface area contributed by atoms with Crippen LogP contribution in [0, 0.1) is 20.3 Å². The normalized spacial score (nSPS) is 10.4. The average molecular weight is 185 g/mol. The molecule has 0 aliphatic heterocycles. The first-order chi connectivity index (χ1) is 6.77. The molecule has 1 heterocycles. The molecular formula is C12H13N2. The van der Waals surface area contributed by atoms with E-state index in [1.54, 1.807) is 0 Å². The van der Waals surface area contributed by atoms with Crippen LogP contribution in [0.3, 0.4) is 0 Å². The van der Waals surface area contributed by atoms with E-state index in [9.17, 15) is 0 Å². The molecule has 0 spiro atoms. The number of hydrogen-bond acceptors (Lipinski definition) is 1. The molecule has 2 rings (SSSR count). The first-order valence-corrected chi connectivity index (χ1v) is 4.69. The van der Waals surface area contributed by atoms with E-state index >= 15 is 0 Å². The lowest BCUT2D eigenvalue weighted by molar-refractivity contribution is 1.02. The molecule has 1 radical (unpaired) electrons. The van der Waals surface area contributed by atoms with E-state index in [1.165, 1.54) is 11.1 Å². The zero-order chi connectivity index (χ0) is 9.97. The van der Waals surface area contributed by atoms with Crippen LogP contribution in [0.25, 0.3) is 0 Å². The van der Waals surface area contributed by atoms with E-state index in [1.807, 2.05) is 32.0 Å². The van der Waals surface area contributed by atoms with Crippen LogP contribution in [0.1, 0.15) is 22.5 Å². The minimum absolute atomic E-state index is 1.05. The van der Waals surface area contributed by atoms with Gasteiger partial charge in [0.15, 0.2) is 0 Å². The van der Waals surface area contributed by atoms with Crippen molar-refractivity contribution in [1.82, 2.24) is 10.2 Å². The fraction of sp³-hybridized carbons (Fsp3) is 0.167. The molecule has 0 amide bonds. The molecule has 2 aromatic rings. The van der Waals surface area contributed by atoms with Crippen molar-refractivity contribution in [2.75, 3.05) is 0 Å². The molecule has 0 bridgehead atoms. The molecule has 0 saturated carbocycles. The smallest absolute Gasteiger partial charge is 0.0632 e. The van der Waals surface area contributed by atoms with Gasteiger partial charge in [0.25, 0.3) is 0 Å². The van der Waals surface area contributed by atoms with Gasteiger partial charge in [0, 0.05) is 17.7 Å². The number of hydrogen-bond donors (Lipinski definition) is 1. The highest BCUT2D eigenvalue weighted by atomic mass is 15.1. The summed E-state index contributed by atoms with van der Waals surface area (Å²) in [4.78, 5) is 0. The van der Waals surface area contributed by atoms with Gasteiger partial charge in [-0.25, -0.2) is 0 Å². The van der Waals surface area contributed by atoms with E-state index in [2.05, 4.69) is 28.8 Å². The Kier molecular flexibility index (Phi) is 2.35. The number of nitrogens with one attached hydrogen (secondary N) is 1. The average Bonchev–Trinajstić information content (AvgIpc) is 2.51. The molecule has 0 saturated heterocycles. The second kappa shape index (κ2) is 3.66. The standard InChI is InChI=1S/C12H13N2/c1-9-12(10(2)14-13-9)8-11-6-4-3-5-7-11/h3-8H,1-2H3,(H,13,14). The van der Waals surface area contributed by atoms with Crippen molar-refractivity contribution < 1.29 is 0 Å². The molecule has 0 atom stereocenters. The summed E-state index contributed by atoms with van der Waals surface area (Å²) >= 11 is 0.